The van der Waals surface area contributed by atoms with E-state index in [1.807, 2.05) is 0 Å². The van der Waals surface area contributed by atoms with E-state index < -0.39 is 54.3 Å². The maximum Gasteiger partial charge on any atom is 0.394 e. The van der Waals surface area contributed by atoms with Gasteiger partial charge in [0.25, 0.3) is 0 Å². The van der Waals surface area contributed by atoms with Crippen LogP contribution in [-0.4, -0.2) is 47.8 Å². The fourth-order valence-electron chi connectivity index (χ4n) is 3.44. The molecule has 142 valence electrons. The number of hydrogen-bond acceptors (Lipinski definition) is 2. The van der Waals surface area contributed by atoms with Crippen LogP contribution in [0.4, 0.5) is 22.4 Å². The van der Waals surface area contributed by atoms with Crippen LogP contribution in [0.5, 0.6) is 0 Å². The number of halogens is 4. The quantitative estimate of drug-likeness (QED) is 0.797. The summed E-state index contributed by atoms with van der Waals surface area (Å²) in [5.41, 5.74) is 0.323. The number of hydrogen-bond donors (Lipinski definition) is 2. The molecule has 0 spiro atoms. The molecule has 2 aliphatic rings. The monoisotopic (exact) mass is 374 g/mol. The van der Waals surface area contributed by atoms with Crippen LogP contribution >= 0.6 is 0 Å². The third-order valence-electron chi connectivity index (χ3n) is 5.21. The van der Waals surface area contributed by atoms with E-state index in [0.717, 1.165) is 23.3 Å². The van der Waals surface area contributed by atoms with E-state index in [2.05, 4.69) is 5.32 Å². The molecule has 2 atom stereocenters. The van der Waals surface area contributed by atoms with E-state index in [0.29, 0.717) is 0 Å². The smallest absolute Gasteiger partial charge is 0.394 e. The fraction of sp³-hybridized carbons (Fsp3) is 0.529. The lowest BCUT2D eigenvalue weighted by atomic mass is 9.96. The van der Waals surface area contributed by atoms with Crippen LogP contribution < -0.4 is 5.32 Å². The van der Waals surface area contributed by atoms with Crippen molar-refractivity contribution >= 4 is 12.0 Å². The highest BCUT2D eigenvalue weighted by molar-refractivity contribution is 5.78. The Labute approximate surface area is 147 Å². The lowest BCUT2D eigenvalue weighted by Gasteiger charge is -2.21. The number of rotatable bonds is 4. The molecule has 9 heteroatoms. The summed E-state index contributed by atoms with van der Waals surface area (Å²) < 4.78 is 52.4. The van der Waals surface area contributed by atoms with Gasteiger partial charge in [-0.1, -0.05) is 12.1 Å². The Morgan fingerprint density at radius 2 is 1.96 bits per heavy atom. The number of carbonyl (C=O) groups excluding carboxylic acids is 1. The van der Waals surface area contributed by atoms with Crippen molar-refractivity contribution < 1.29 is 32.3 Å². The summed E-state index contributed by atoms with van der Waals surface area (Å²) in [6.45, 7) is -1.00. The first kappa shape index (κ1) is 18.5. The van der Waals surface area contributed by atoms with E-state index in [4.69, 9.17) is 5.11 Å². The first-order chi connectivity index (χ1) is 12.1. The van der Waals surface area contributed by atoms with Crippen LogP contribution in [0.2, 0.25) is 0 Å². The lowest BCUT2D eigenvalue weighted by molar-refractivity contribution is -0.187. The van der Waals surface area contributed by atoms with Gasteiger partial charge in [-0.15, -0.1) is 0 Å². The van der Waals surface area contributed by atoms with Crippen LogP contribution in [0, 0.1) is 17.7 Å². The van der Waals surface area contributed by atoms with Gasteiger partial charge < -0.3 is 15.3 Å². The van der Waals surface area contributed by atoms with Gasteiger partial charge in [0.1, 0.15) is 5.82 Å². The number of carbonyl (C=O) groups is 2. The van der Waals surface area contributed by atoms with Crippen molar-refractivity contribution in [2.45, 2.75) is 24.4 Å². The molecule has 2 amide bonds. The van der Waals surface area contributed by atoms with Crippen molar-refractivity contribution in [1.82, 2.24) is 10.2 Å². The Morgan fingerprint density at radius 3 is 2.46 bits per heavy atom. The van der Waals surface area contributed by atoms with Gasteiger partial charge >= 0.3 is 18.2 Å². The number of aliphatic carboxylic acids is 1. The molecule has 26 heavy (non-hydrogen) atoms. The Balaban J connectivity index is 1.63. The molecule has 1 heterocycles. The molecule has 1 aromatic rings. The highest BCUT2D eigenvalue weighted by atomic mass is 19.4. The minimum absolute atomic E-state index is 0.167. The molecular weight excluding hydrogens is 356 g/mol. The summed E-state index contributed by atoms with van der Waals surface area (Å²) >= 11 is 0. The Kier molecular flexibility index (Phi) is 4.58. The molecule has 1 aliphatic carbocycles. The molecule has 1 aromatic carbocycles. The van der Waals surface area contributed by atoms with Gasteiger partial charge in [0, 0.05) is 25.0 Å². The Bertz CT molecular complexity index is 718. The zero-order chi connectivity index (χ0) is 19.1. The molecule has 0 aromatic heterocycles. The zero-order valence-corrected chi connectivity index (χ0v) is 13.7. The highest BCUT2D eigenvalue weighted by Crippen LogP contribution is 2.47. The predicted molar refractivity (Wildman–Crippen MR) is 83.0 cm³/mol. The second-order valence-corrected chi connectivity index (χ2v) is 6.95. The summed E-state index contributed by atoms with van der Waals surface area (Å²) in [6, 6.07) is 5.28. The number of carboxylic acid groups (broad SMARTS) is 1. The van der Waals surface area contributed by atoms with Crippen LogP contribution in [0.3, 0.4) is 0 Å². The molecule has 1 aliphatic heterocycles. The molecule has 3 rings (SSSR count). The number of benzene rings is 1. The Morgan fingerprint density at radius 1 is 1.27 bits per heavy atom. The van der Waals surface area contributed by atoms with Crippen LogP contribution in [0.25, 0.3) is 0 Å². The first-order valence-electron chi connectivity index (χ1n) is 8.21. The second-order valence-electron chi connectivity index (χ2n) is 6.95. The average Bonchev–Trinajstić information content (AvgIpc) is 3.20. The van der Waals surface area contributed by atoms with Crippen molar-refractivity contribution in [2.75, 3.05) is 19.6 Å². The van der Waals surface area contributed by atoms with Crippen LogP contribution in [0.15, 0.2) is 24.3 Å². The lowest BCUT2D eigenvalue weighted by Crippen LogP contribution is -2.42. The summed E-state index contributed by atoms with van der Waals surface area (Å²) in [6.07, 6.45) is -3.21. The van der Waals surface area contributed by atoms with Crippen molar-refractivity contribution in [1.29, 1.82) is 0 Å². The summed E-state index contributed by atoms with van der Waals surface area (Å²) in [7, 11) is 0. The average molecular weight is 374 g/mol. The second kappa shape index (κ2) is 6.44. The normalized spacial score (nSPS) is 24.4. The first-order valence-corrected chi connectivity index (χ1v) is 8.21. The largest absolute Gasteiger partial charge is 0.481 e. The number of carboxylic acids is 1. The van der Waals surface area contributed by atoms with E-state index in [1.54, 1.807) is 12.1 Å². The van der Waals surface area contributed by atoms with Crippen molar-refractivity contribution in [3.63, 3.8) is 0 Å². The van der Waals surface area contributed by atoms with Crippen LogP contribution in [0.1, 0.15) is 18.4 Å². The van der Waals surface area contributed by atoms with Gasteiger partial charge in [0.2, 0.25) is 0 Å². The van der Waals surface area contributed by atoms with E-state index >= 15 is 0 Å². The number of amides is 2. The molecule has 1 saturated heterocycles. The summed E-state index contributed by atoms with van der Waals surface area (Å²) in [4.78, 5) is 24.2. The molecule has 2 N–H and O–H groups in total. The van der Waals surface area contributed by atoms with Crippen molar-refractivity contribution in [2.24, 2.45) is 11.8 Å². The van der Waals surface area contributed by atoms with E-state index in [-0.39, 0.29) is 6.54 Å². The third kappa shape index (κ3) is 3.61. The van der Waals surface area contributed by atoms with E-state index in [1.165, 1.54) is 12.1 Å². The van der Waals surface area contributed by atoms with Gasteiger partial charge in [-0.2, -0.15) is 13.2 Å². The molecular formula is C17H18F4N2O3. The number of alkyl halides is 3. The molecule has 0 radical (unpaired) electrons. The van der Waals surface area contributed by atoms with Gasteiger partial charge in [0.05, 0.1) is 11.8 Å². The topological polar surface area (TPSA) is 69.6 Å². The number of likely N-dealkylation sites (tertiary alicyclic amines) is 1. The van der Waals surface area contributed by atoms with Gasteiger partial charge in [-0.3, -0.25) is 4.79 Å². The predicted octanol–water partition coefficient (Wildman–Crippen LogP) is 2.76. The minimum atomic E-state index is -4.68. The molecule has 5 nitrogen and oxygen atoms in total. The van der Waals surface area contributed by atoms with Crippen LogP contribution in [-0.2, 0) is 10.2 Å². The third-order valence-corrected chi connectivity index (χ3v) is 5.21. The van der Waals surface area contributed by atoms with Gasteiger partial charge in [-0.05, 0) is 30.5 Å². The minimum Gasteiger partial charge on any atom is -0.481 e. The maximum absolute atomic E-state index is 13.4. The van der Waals surface area contributed by atoms with Crippen molar-refractivity contribution in [3.8, 4) is 0 Å². The number of nitrogens with zero attached hydrogens (tertiary/aromatic N) is 1. The van der Waals surface area contributed by atoms with Gasteiger partial charge in [-0.25, -0.2) is 9.18 Å². The molecule has 0 bridgehead atoms. The maximum atomic E-state index is 13.4. The molecule has 2 fully saturated rings. The molecule has 1 saturated carbocycles. The summed E-state index contributed by atoms with van der Waals surface area (Å²) in [5.74, 6) is -5.71. The van der Waals surface area contributed by atoms with Gasteiger partial charge in [0.15, 0.2) is 0 Å². The zero-order valence-electron chi connectivity index (χ0n) is 13.7. The Hall–Kier alpha value is -2.32. The number of urea groups is 1. The summed E-state index contributed by atoms with van der Waals surface area (Å²) in [5, 5.41) is 11.6. The number of nitrogens with one attached hydrogen (secondary N) is 1. The standard InChI is InChI=1S/C17H18F4N2O3/c18-11-3-1-2-10(6-11)16(4-5-16)9-22-15(26)23-7-12(14(24)25)13(8-23)17(19,20)21/h1-3,6,12-13H,4-5,7-9H2,(H,22,26)(H,24,25)/t12-,13-/m1/s1. The van der Waals surface area contributed by atoms with Crippen molar-refractivity contribution in [3.05, 3.63) is 35.6 Å². The fourth-order valence-corrected chi connectivity index (χ4v) is 3.44. The highest BCUT2D eigenvalue weighted by Gasteiger charge is 2.54. The van der Waals surface area contributed by atoms with E-state index in [9.17, 15) is 27.2 Å². The SMILES string of the molecule is O=C(O)[C@@H]1CN(C(=O)NCC2(c3cccc(F)c3)CC2)C[C@H]1C(F)(F)F. The molecule has 0 unspecified atom stereocenters.